The van der Waals surface area contributed by atoms with Crippen LogP contribution in [0.5, 0.6) is 0 Å². The number of hydrogen-bond acceptors (Lipinski definition) is 1. The van der Waals surface area contributed by atoms with Crippen molar-refractivity contribution in [2.45, 2.75) is 41.0 Å². The van der Waals surface area contributed by atoms with Gasteiger partial charge in [-0.15, -0.1) is 0 Å². The summed E-state index contributed by atoms with van der Waals surface area (Å²) in [6.07, 6.45) is -1.44. The molecule has 4 rings (SSSR count). The summed E-state index contributed by atoms with van der Waals surface area (Å²) >= 11 is 0. The topological polar surface area (TPSA) is 21.4 Å². The van der Waals surface area contributed by atoms with Gasteiger partial charge in [0.1, 0.15) is 18.2 Å². The Labute approximate surface area is 175 Å². The van der Waals surface area contributed by atoms with E-state index in [0.717, 1.165) is 50.0 Å². The lowest BCUT2D eigenvalue weighted by Crippen LogP contribution is -2.35. The fourth-order valence-corrected chi connectivity index (χ4v) is 3.97. The zero-order valence-electron chi connectivity index (χ0n) is 19.8. The molecule has 2 aromatic heterocycles. The van der Waals surface area contributed by atoms with Crippen molar-refractivity contribution in [1.29, 1.82) is 0 Å². The van der Waals surface area contributed by atoms with Crippen molar-refractivity contribution in [3.63, 3.8) is 0 Å². The average Bonchev–Trinajstić information content (AvgIpc) is 3.06. The molecule has 3 nitrogen and oxygen atoms in total. The van der Waals surface area contributed by atoms with Crippen LogP contribution in [0, 0.1) is 33.3 Å². The molecule has 0 amide bonds. The molecule has 0 unspecified atom stereocenters. The van der Waals surface area contributed by atoms with Gasteiger partial charge in [-0.3, -0.25) is 0 Å². The lowest BCUT2D eigenvalue weighted by atomic mass is 9.96. The van der Waals surface area contributed by atoms with Crippen molar-refractivity contribution in [1.82, 2.24) is 0 Å². The van der Waals surface area contributed by atoms with Crippen LogP contribution >= 0.6 is 0 Å². The molecule has 0 atom stereocenters. The van der Waals surface area contributed by atoms with E-state index in [1.54, 1.807) is 0 Å². The quantitative estimate of drug-likeness (QED) is 0.282. The van der Waals surface area contributed by atoms with E-state index in [0.29, 0.717) is 11.3 Å². The normalized spacial score (nSPS) is 13.0. The summed E-state index contributed by atoms with van der Waals surface area (Å²) in [6, 6.07) is 11.8. The van der Waals surface area contributed by atoms with Crippen LogP contribution in [0.4, 0.5) is 5.69 Å². The molecule has 2 heterocycles. The van der Waals surface area contributed by atoms with Crippen molar-refractivity contribution in [3.8, 4) is 11.3 Å². The maximum Gasteiger partial charge on any atom is 0.216 e. The van der Waals surface area contributed by atoms with Crippen molar-refractivity contribution >= 4 is 27.6 Å². The lowest BCUT2D eigenvalue weighted by Gasteiger charge is -2.11. The molecule has 0 aliphatic carbocycles. The van der Waals surface area contributed by atoms with E-state index in [-0.39, 0.29) is 5.92 Å². The van der Waals surface area contributed by atoms with E-state index < -0.39 is 6.37 Å². The van der Waals surface area contributed by atoms with Gasteiger partial charge in [-0.25, -0.2) is 4.85 Å². The highest BCUT2D eigenvalue weighted by atomic mass is 16.3. The second-order valence-corrected chi connectivity index (χ2v) is 8.11. The number of fused-ring (bicyclic) bond motifs is 3. The first-order chi connectivity index (χ1) is 14.6. The Morgan fingerprint density at radius 3 is 2.52 bits per heavy atom. The van der Waals surface area contributed by atoms with Crippen molar-refractivity contribution < 1.29 is 11.7 Å². The SMILES string of the molecule is [2H]C([2H])(c1cc(C)[n+](C)c(-c2c(C)ccc3c2oc2cc(C)c([N+]#[C-])cc23)c1)C(C)C. The number of benzene rings is 2. The Bertz CT molecular complexity index is 1390. The van der Waals surface area contributed by atoms with Gasteiger partial charge in [0.15, 0.2) is 11.4 Å². The Morgan fingerprint density at radius 2 is 1.83 bits per heavy atom. The van der Waals surface area contributed by atoms with Crippen molar-refractivity contribution in [3.05, 3.63) is 70.2 Å². The van der Waals surface area contributed by atoms with Crippen LogP contribution in [-0.4, -0.2) is 0 Å². The average molecular weight is 386 g/mol. The molecule has 0 saturated heterocycles. The minimum atomic E-state index is -1.44. The van der Waals surface area contributed by atoms with Gasteiger partial charge in [0.2, 0.25) is 5.69 Å². The number of aryl methyl sites for hydroxylation is 3. The Kier molecular flexibility index (Phi) is 4.08. The highest BCUT2D eigenvalue weighted by Crippen LogP contribution is 2.39. The summed E-state index contributed by atoms with van der Waals surface area (Å²) in [5.74, 6) is -0.148. The van der Waals surface area contributed by atoms with Crippen LogP contribution in [0.25, 0.3) is 38.0 Å². The smallest absolute Gasteiger partial charge is 0.216 e. The first-order valence-electron chi connectivity index (χ1n) is 10.9. The second-order valence-electron chi connectivity index (χ2n) is 8.11. The molecule has 0 spiro atoms. The fraction of sp³-hybridized carbons (Fsp3) is 0.308. The number of hydrogen-bond donors (Lipinski definition) is 0. The maximum atomic E-state index is 8.63. The van der Waals surface area contributed by atoms with E-state index in [1.165, 1.54) is 0 Å². The van der Waals surface area contributed by atoms with E-state index >= 15 is 0 Å². The van der Waals surface area contributed by atoms with Gasteiger partial charge < -0.3 is 4.42 Å². The van der Waals surface area contributed by atoms with Crippen molar-refractivity contribution in [2.24, 2.45) is 13.0 Å². The molecule has 146 valence electrons. The summed E-state index contributed by atoms with van der Waals surface area (Å²) in [7, 11) is 2.00. The monoisotopic (exact) mass is 385 g/mol. The number of pyridine rings is 1. The van der Waals surface area contributed by atoms with Crippen LogP contribution in [-0.2, 0) is 13.4 Å². The van der Waals surface area contributed by atoms with Gasteiger partial charge in [-0.1, -0.05) is 26.0 Å². The van der Waals surface area contributed by atoms with Crippen LogP contribution in [0.2, 0.25) is 0 Å². The zero-order valence-corrected chi connectivity index (χ0v) is 17.8. The molecule has 2 aromatic carbocycles. The van der Waals surface area contributed by atoms with Gasteiger partial charge in [-0.2, -0.15) is 4.57 Å². The van der Waals surface area contributed by atoms with Crippen LogP contribution in [0.1, 0.15) is 39.0 Å². The highest BCUT2D eigenvalue weighted by Gasteiger charge is 2.23. The van der Waals surface area contributed by atoms with E-state index in [1.807, 2.05) is 65.1 Å². The van der Waals surface area contributed by atoms with Gasteiger partial charge in [0.25, 0.3) is 0 Å². The third-order valence-corrected chi connectivity index (χ3v) is 5.55. The summed E-state index contributed by atoms with van der Waals surface area (Å²) in [6.45, 7) is 17.2. The third-order valence-electron chi connectivity index (χ3n) is 5.55. The van der Waals surface area contributed by atoms with E-state index in [4.69, 9.17) is 13.7 Å². The minimum Gasteiger partial charge on any atom is -0.455 e. The summed E-state index contributed by atoms with van der Waals surface area (Å²) in [5.41, 5.74) is 7.66. The van der Waals surface area contributed by atoms with E-state index in [2.05, 4.69) is 22.4 Å². The van der Waals surface area contributed by atoms with Crippen LogP contribution in [0.15, 0.2) is 40.8 Å². The Morgan fingerprint density at radius 1 is 1.07 bits per heavy atom. The molecule has 3 heteroatoms. The van der Waals surface area contributed by atoms with Gasteiger partial charge in [0.05, 0.1) is 12.1 Å². The predicted octanol–water partition coefficient (Wildman–Crippen LogP) is 6.75. The van der Waals surface area contributed by atoms with E-state index in [9.17, 15) is 0 Å². The number of furan rings is 1. The van der Waals surface area contributed by atoms with Crippen molar-refractivity contribution in [2.75, 3.05) is 0 Å². The molecule has 0 aliphatic rings. The standard InChI is InChI=1S/C26H27N2O/c1-15(2)10-19-12-18(5)28(7)23(13-19)25-16(3)8-9-20-21-14-22(27-6)17(4)11-24(21)29-26(20)25/h8-9,11-15H,10H2,1-5,7H3/q+1/i10D2. The zero-order chi connectivity index (χ0) is 22.7. The molecule has 0 aliphatic heterocycles. The number of rotatable bonds is 3. The molecule has 4 aromatic rings. The molecule has 0 radical (unpaired) electrons. The molecular formula is C26H27N2O+. The number of aromatic nitrogens is 1. The predicted molar refractivity (Wildman–Crippen MR) is 119 cm³/mol. The minimum absolute atomic E-state index is 0.148. The fourth-order valence-electron chi connectivity index (χ4n) is 3.97. The van der Waals surface area contributed by atoms with Gasteiger partial charge >= 0.3 is 0 Å². The van der Waals surface area contributed by atoms with Gasteiger partial charge in [0, 0.05) is 32.6 Å². The molecule has 0 bridgehead atoms. The first-order valence-corrected chi connectivity index (χ1v) is 9.91. The molecular weight excluding hydrogens is 356 g/mol. The van der Waals surface area contributed by atoms with Crippen LogP contribution in [0.3, 0.4) is 0 Å². The largest absolute Gasteiger partial charge is 0.455 e. The molecule has 0 fully saturated rings. The Hall–Kier alpha value is -3.12. The first kappa shape index (κ1) is 16.8. The molecule has 0 saturated carbocycles. The maximum absolute atomic E-state index is 8.63. The highest BCUT2D eigenvalue weighted by molar-refractivity contribution is 6.10. The van der Waals surface area contributed by atoms with Gasteiger partial charge in [-0.05, 0) is 55.0 Å². The number of nitrogens with zero attached hydrogens (tertiary/aromatic N) is 2. The van der Waals surface area contributed by atoms with Crippen LogP contribution < -0.4 is 4.57 Å². The lowest BCUT2D eigenvalue weighted by molar-refractivity contribution is -0.666. The molecule has 0 N–H and O–H groups in total. The summed E-state index contributed by atoms with van der Waals surface area (Å²) in [5, 5.41) is 1.90. The second kappa shape index (κ2) is 7.04. The third kappa shape index (κ3) is 3.19. The summed E-state index contributed by atoms with van der Waals surface area (Å²) < 4.78 is 25.7. The summed E-state index contributed by atoms with van der Waals surface area (Å²) in [4.78, 5) is 3.65. The Balaban J connectivity index is 2.09. The molecule has 29 heavy (non-hydrogen) atoms.